The number of nitrogens with two attached hydrogens (primary N) is 1. The lowest BCUT2D eigenvalue weighted by Gasteiger charge is -2.34. The Bertz CT molecular complexity index is 727. The molecule has 7 nitrogen and oxygen atoms in total. The monoisotopic (exact) mass is 364 g/mol. The van der Waals surface area contributed by atoms with Gasteiger partial charge in [0.1, 0.15) is 22.4 Å². The number of amides is 1. The maximum atomic E-state index is 12.8. The number of thiazole rings is 1. The first-order valence-corrected chi connectivity index (χ1v) is 8.85. The van der Waals surface area contributed by atoms with Gasteiger partial charge in [-0.25, -0.2) is 9.78 Å². The molecule has 2 heterocycles. The molecule has 0 aliphatic carbocycles. The molecule has 2 rings (SSSR count). The van der Waals surface area contributed by atoms with Gasteiger partial charge in [-0.05, 0) is 41.5 Å². The Hall–Kier alpha value is -2.11. The van der Waals surface area contributed by atoms with Gasteiger partial charge in [0.2, 0.25) is 0 Å². The third kappa shape index (κ3) is 4.11. The van der Waals surface area contributed by atoms with Gasteiger partial charge in [-0.3, -0.25) is 4.90 Å². The van der Waals surface area contributed by atoms with E-state index in [1.807, 2.05) is 47.6 Å². The molecule has 136 valence electrons. The molecule has 1 aliphatic heterocycles. The minimum Gasteiger partial charge on any atom is -0.444 e. The van der Waals surface area contributed by atoms with Gasteiger partial charge >= 0.3 is 6.09 Å². The van der Waals surface area contributed by atoms with Crippen LogP contribution in [0.5, 0.6) is 0 Å². The van der Waals surface area contributed by atoms with Crippen molar-refractivity contribution >= 4 is 23.1 Å². The minimum absolute atomic E-state index is 0.261. The number of rotatable bonds is 2. The van der Waals surface area contributed by atoms with Crippen LogP contribution in [-0.4, -0.2) is 33.4 Å². The number of carbonyl (C=O) groups excluding carboxylic acids is 1. The third-order valence-corrected chi connectivity index (χ3v) is 4.57. The summed E-state index contributed by atoms with van der Waals surface area (Å²) < 4.78 is 11.5. The zero-order valence-corrected chi connectivity index (χ0v) is 16.2. The third-order valence-electron chi connectivity index (χ3n) is 3.66. The molecule has 0 spiro atoms. The van der Waals surface area contributed by atoms with Crippen LogP contribution in [0.2, 0.25) is 0 Å². The van der Waals surface area contributed by atoms with Crippen molar-refractivity contribution in [1.82, 2.24) is 9.88 Å². The molecular formula is C17H24N4O3S. The highest BCUT2D eigenvalue weighted by molar-refractivity contribution is 7.09. The number of hydrogen-bond donors (Lipinski definition) is 1. The van der Waals surface area contributed by atoms with Crippen molar-refractivity contribution in [2.45, 2.75) is 65.0 Å². The van der Waals surface area contributed by atoms with Crippen molar-refractivity contribution in [3.05, 3.63) is 22.2 Å². The molecule has 1 saturated heterocycles. The molecule has 1 aromatic heterocycles. The van der Waals surface area contributed by atoms with Crippen LogP contribution < -0.4 is 5.73 Å². The van der Waals surface area contributed by atoms with Crippen molar-refractivity contribution in [3.8, 4) is 6.07 Å². The summed E-state index contributed by atoms with van der Waals surface area (Å²) >= 11 is 1.37. The summed E-state index contributed by atoms with van der Waals surface area (Å²) in [6.45, 7) is 11.0. The molecule has 2 atom stereocenters. The van der Waals surface area contributed by atoms with Crippen LogP contribution in [-0.2, 0) is 9.47 Å². The first kappa shape index (κ1) is 19.2. The highest BCUT2D eigenvalue weighted by Crippen LogP contribution is 2.43. The van der Waals surface area contributed by atoms with Gasteiger partial charge in [0.05, 0.1) is 23.6 Å². The van der Waals surface area contributed by atoms with Gasteiger partial charge in [-0.2, -0.15) is 5.26 Å². The Kier molecular flexibility index (Phi) is 5.11. The topological polar surface area (TPSA) is 101 Å². The Balaban J connectivity index is 2.38. The van der Waals surface area contributed by atoms with Crippen molar-refractivity contribution < 1.29 is 14.3 Å². The summed E-state index contributed by atoms with van der Waals surface area (Å²) in [6, 6.07) is 1.50. The number of allylic oxidation sites excluding steroid dienone is 1. The van der Waals surface area contributed by atoms with Gasteiger partial charge in [0, 0.05) is 11.5 Å². The number of carbonyl (C=O) groups is 1. The zero-order chi connectivity index (χ0) is 19.0. The summed E-state index contributed by atoms with van der Waals surface area (Å²) in [7, 11) is 0. The quantitative estimate of drug-likeness (QED) is 0.807. The fraction of sp³-hybridized carbons (Fsp3) is 0.588. The van der Waals surface area contributed by atoms with Gasteiger partial charge < -0.3 is 15.2 Å². The molecule has 1 amide bonds. The Labute approximate surface area is 152 Å². The average Bonchev–Trinajstić information content (AvgIpc) is 2.98. The molecule has 25 heavy (non-hydrogen) atoms. The molecule has 0 radical (unpaired) electrons. The molecule has 0 saturated carbocycles. The predicted molar refractivity (Wildman–Crippen MR) is 95.3 cm³/mol. The number of hydrogen-bond acceptors (Lipinski definition) is 7. The van der Waals surface area contributed by atoms with Crippen LogP contribution in [0.4, 0.5) is 4.79 Å². The summed E-state index contributed by atoms with van der Waals surface area (Å²) in [5.74, 6) is 0. The second-order valence-electron chi connectivity index (χ2n) is 7.36. The number of nitriles is 1. The van der Waals surface area contributed by atoms with E-state index in [2.05, 4.69) is 4.98 Å². The Morgan fingerprint density at radius 2 is 2.20 bits per heavy atom. The second-order valence-corrected chi connectivity index (χ2v) is 8.25. The molecule has 1 fully saturated rings. The van der Waals surface area contributed by atoms with E-state index >= 15 is 0 Å². The van der Waals surface area contributed by atoms with Crippen molar-refractivity contribution in [2.75, 3.05) is 0 Å². The van der Waals surface area contributed by atoms with Crippen LogP contribution in [0, 0.1) is 11.3 Å². The fourth-order valence-corrected chi connectivity index (χ4v) is 3.78. The van der Waals surface area contributed by atoms with Gasteiger partial charge in [-0.1, -0.05) is 0 Å². The van der Waals surface area contributed by atoms with E-state index in [4.69, 9.17) is 20.5 Å². The lowest BCUT2D eigenvalue weighted by Crippen LogP contribution is -2.47. The lowest BCUT2D eigenvalue weighted by molar-refractivity contribution is -0.0757. The summed E-state index contributed by atoms with van der Waals surface area (Å²) in [5, 5.41) is 11.2. The summed E-state index contributed by atoms with van der Waals surface area (Å²) in [4.78, 5) is 18.9. The highest BCUT2D eigenvalue weighted by atomic mass is 32.1. The van der Waals surface area contributed by atoms with Crippen LogP contribution >= 0.6 is 11.3 Å². The normalized spacial score (nSPS) is 23.4. The van der Waals surface area contributed by atoms with Gasteiger partial charge in [0.25, 0.3) is 0 Å². The smallest absolute Gasteiger partial charge is 0.413 e. The first-order valence-electron chi connectivity index (χ1n) is 7.97. The minimum atomic E-state index is -0.827. The lowest BCUT2D eigenvalue weighted by atomic mass is 10.1. The molecule has 1 unspecified atom stereocenters. The predicted octanol–water partition coefficient (Wildman–Crippen LogP) is 3.40. The van der Waals surface area contributed by atoms with Gasteiger partial charge in [-0.15, -0.1) is 11.3 Å². The van der Waals surface area contributed by atoms with E-state index in [1.165, 1.54) is 17.4 Å². The van der Waals surface area contributed by atoms with E-state index in [1.54, 1.807) is 10.3 Å². The standard InChI is InChI=1S/C17H24N4O3S/c1-10-13(14-20-12(9-25-14)11(19)7-8-18)21(17(5,6)23-10)15(22)24-16(2,3)4/h7,9-10,13H,19H2,1-6H3/b11-7-/t10-,13?/m1/s1. The zero-order valence-electron chi connectivity index (χ0n) is 15.4. The number of nitrogens with zero attached hydrogens (tertiary/aromatic N) is 3. The highest BCUT2D eigenvalue weighted by Gasteiger charge is 2.51. The molecule has 0 bridgehead atoms. The van der Waals surface area contributed by atoms with E-state index in [0.717, 1.165) is 0 Å². The molecule has 1 aliphatic rings. The fourth-order valence-electron chi connectivity index (χ4n) is 2.78. The maximum absolute atomic E-state index is 12.8. The summed E-state index contributed by atoms with van der Waals surface area (Å²) in [5.41, 5.74) is 5.20. The molecule has 8 heteroatoms. The molecule has 1 aromatic rings. The summed E-state index contributed by atoms with van der Waals surface area (Å²) in [6.07, 6.45) is 0.523. The van der Waals surface area contributed by atoms with E-state index in [0.29, 0.717) is 16.4 Å². The maximum Gasteiger partial charge on any atom is 0.413 e. The van der Waals surface area contributed by atoms with Crippen LogP contribution in [0.1, 0.15) is 58.3 Å². The van der Waals surface area contributed by atoms with E-state index < -0.39 is 23.5 Å². The van der Waals surface area contributed by atoms with Gasteiger partial charge in [0.15, 0.2) is 0 Å². The average molecular weight is 364 g/mol. The van der Waals surface area contributed by atoms with E-state index in [9.17, 15) is 4.79 Å². The van der Waals surface area contributed by atoms with Crippen molar-refractivity contribution in [3.63, 3.8) is 0 Å². The second kappa shape index (κ2) is 6.65. The van der Waals surface area contributed by atoms with Crippen molar-refractivity contribution in [1.29, 1.82) is 5.26 Å². The molecule has 2 N–H and O–H groups in total. The number of aromatic nitrogens is 1. The first-order chi connectivity index (χ1) is 11.5. The van der Waals surface area contributed by atoms with E-state index in [-0.39, 0.29) is 6.10 Å². The Morgan fingerprint density at radius 1 is 1.56 bits per heavy atom. The van der Waals surface area contributed by atoms with Crippen LogP contribution in [0.15, 0.2) is 11.5 Å². The Morgan fingerprint density at radius 3 is 2.76 bits per heavy atom. The number of ether oxygens (including phenoxy) is 2. The van der Waals surface area contributed by atoms with Crippen LogP contribution in [0.25, 0.3) is 5.70 Å². The SMILES string of the molecule is C[C@H]1OC(C)(C)N(C(=O)OC(C)(C)C)C1c1nc(/C(N)=C/C#N)cs1. The van der Waals surface area contributed by atoms with Crippen molar-refractivity contribution in [2.24, 2.45) is 5.73 Å². The van der Waals surface area contributed by atoms with Crippen LogP contribution in [0.3, 0.4) is 0 Å². The molecular weight excluding hydrogens is 340 g/mol. The molecule has 0 aromatic carbocycles. The largest absolute Gasteiger partial charge is 0.444 e.